The van der Waals surface area contributed by atoms with Crippen molar-refractivity contribution < 1.29 is 8.42 Å². The van der Waals surface area contributed by atoms with E-state index in [1.807, 2.05) is 6.92 Å². The number of hydrogen-bond donors (Lipinski definition) is 1. The van der Waals surface area contributed by atoms with Crippen LogP contribution in [0.15, 0.2) is 33.6 Å². The standard InChI is InChI=1S/C10H13BrClNO2S/c1-8(12)6-7-13-16(14,15)10-5-3-2-4-9(10)11/h2-5,8,13H,6-7H2,1H3. The minimum atomic E-state index is -3.44. The van der Waals surface area contributed by atoms with Gasteiger partial charge in [-0.1, -0.05) is 12.1 Å². The maximum atomic E-state index is 11.9. The quantitative estimate of drug-likeness (QED) is 0.846. The SMILES string of the molecule is CC(Cl)CCNS(=O)(=O)c1ccccc1Br. The Labute approximate surface area is 109 Å². The third-order valence-electron chi connectivity index (χ3n) is 1.96. The molecule has 0 fully saturated rings. The molecule has 0 aliphatic carbocycles. The lowest BCUT2D eigenvalue weighted by atomic mass is 10.3. The van der Waals surface area contributed by atoms with Crippen LogP contribution in [0.3, 0.4) is 0 Å². The predicted molar refractivity (Wildman–Crippen MR) is 69.3 cm³/mol. The van der Waals surface area contributed by atoms with Crippen molar-refractivity contribution in [3.05, 3.63) is 28.7 Å². The maximum absolute atomic E-state index is 11.9. The van der Waals surface area contributed by atoms with E-state index in [0.29, 0.717) is 17.4 Å². The lowest BCUT2D eigenvalue weighted by Crippen LogP contribution is -2.26. The van der Waals surface area contributed by atoms with Crippen molar-refractivity contribution in [3.63, 3.8) is 0 Å². The Morgan fingerprint density at radius 2 is 2.06 bits per heavy atom. The Bertz CT molecular complexity index is 448. The first-order valence-corrected chi connectivity index (χ1v) is 7.53. The van der Waals surface area contributed by atoms with E-state index in [0.717, 1.165) is 0 Å². The number of nitrogens with one attached hydrogen (secondary N) is 1. The first-order valence-electron chi connectivity index (χ1n) is 4.82. The summed E-state index contributed by atoms with van der Waals surface area (Å²) < 4.78 is 26.8. The van der Waals surface area contributed by atoms with Crippen LogP contribution in [0.1, 0.15) is 13.3 Å². The van der Waals surface area contributed by atoms with Gasteiger partial charge in [0.05, 0.1) is 4.90 Å². The number of alkyl halides is 1. The van der Waals surface area contributed by atoms with Gasteiger partial charge in [-0.15, -0.1) is 11.6 Å². The van der Waals surface area contributed by atoms with Gasteiger partial charge in [0, 0.05) is 16.4 Å². The summed E-state index contributed by atoms with van der Waals surface area (Å²) in [7, 11) is -3.44. The fourth-order valence-corrected chi connectivity index (χ4v) is 3.29. The van der Waals surface area contributed by atoms with Crippen LogP contribution >= 0.6 is 27.5 Å². The van der Waals surface area contributed by atoms with E-state index in [4.69, 9.17) is 11.6 Å². The normalized spacial score (nSPS) is 13.7. The molecule has 1 unspecified atom stereocenters. The minimum absolute atomic E-state index is 0.0399. The van der Waals surface area contributed by atoms with Crippen LogP contribution in [0.5, 0.6) is 0 Å². The molecule has 0 bridgehead atoms. The van der Waals surface area contributed by atoms with Crippen molar-refractivity contribution >= 4 is 37.6 Å². The van der Waals surface area contributed by atoms with Gasteiger partial charge >= 0.3 is 0 Å². The van der Waals surface area contributed by atoms with E-state index in [-0.39, 0.29) is 10.3 Å². The molecule has 1 N–H and O–H groups in total. The maximum Gasteiger partial charge on any atom is 0.241 e. The third-order valence-corrected chi connectivity index (χ3v) is 4.65. The highest BCUT2D eigenvalue weighted by atomic mass is 79.9. The van der Waals surface area contributed by atoms with Gasteiger partial charge in [-0.3, -0.25) is 0 Å². The molecule has 1 aromatic carbocycles. The molecule has 90 valence electrons. The third kappa shape index (κ3) is 4.05. The van der Waals surface area contributed by atoms with E-state index in [1.165, 1.54) is 0 Å². The van der Waals surface area contributed by atoms with Crippen molar-refractivity contribution in [1.82, 2.24) is 4.72 Å². The highest BCUT2D eigenvalue weighted by molar-refractivity contribution is 9.10. The van der Waals surface area contributed by atoms with Gasteiger partial charge in [0.1, 0.15) is 0 Å². The molecule has 0 saturated heterocycles. The molecule has 0 aliphatic rings. The topological polar surface area (TPSA) is 46.2 Å². The van der Waals surface area contributed by atoms with Crippen molar-refractivity contribution in [2.45, 2.75) is 23.6 Å². The minimum Gasteiger partial charge on any atom is -0.211 e. The van der Waals surface area contributed by atoms with Gasteiger partial charge in [-0.05, 0) is 41.4 Å². The summed E-state index contributed by atoms with van der Waals surface area (Å²) in [6.07, 6.45) is 0.602. The van der Waals surface area contributed by atoms with Crippen molar-refractivity contribution in [1.29, 1.82) is 0 Å². The molecule has 16 heavy (non-hydrogen) atoms. The average Bonchev–Trinajstić information content (AvgIpc) is 2.17. The number of sulfonamides is 1. The van der Waals surface area contributed by atoms with E-state index in [2.05, 4.69) is 20.7 Å². The highest BCUT2D eigenvalue weighted by Crippen LogP contribution is 2.20. The number of rotatable bonds is 5. The van der Waals surface area contributed by atoms with Gasteiger partial charge in [-0.2, -0.15) is 0 Å². The number of benzene rings is 1. The van der Waals surface area contributed by atoms with E-state index < -0.39 is 10.0 Å². The predicted octanol–water partition coefficient (Wildman–Crippen LogP) is 2.74. The molecule has 0 spiro atoms. The van der Waals surface area contributed by atoms with Crippen LogP contribution in [0.25, 0.3) is 0 Å². The molecular formula is C10H13BrClNO2S. The molecule has 6 heteroatoms. The largest absolute Gasteiger partial charge is 0.241 e. The first kappa shape index (κ1) is 14.0. The fraction of sp³-hybridized carbons (Fsp3) is 0.400. The Balaban J connectivity index is 2.75. The summed E-state index contributed by atoms with van der Waals surface area (Å²) in [4.78, 5) is 0.247. The summed E-state index contributed by atoms with van der Waals surface area (Å²) in [6.45, 7) is 2.17. The van der Waals surface area contributed by atoms with Crippen molar-refractivity contribution in [2.75, 3.05) is 6.54 Å². The lowest BCUT2D eigenvalue weighted by molar-refractivity contribution is 0.578. The van der Waals surface area contributed by atoms with Crippen LogP contribution in [-0.4, -0.2) is 20.3 Å². The monoisotopic (exact) mass is 325 g/mol. The zero-order chi connectivity index (χ0) is 12.2. The summed E-state index contributed by atoms with van der Waals surface area (Å²) in [5.41, 5.74) is 0. The number of halogens is 2. The highest BCUT2D eigenvalue weighted by Gasteiger charge is 2.16. The zero-order valence-electron chi connectivity index (χ0n) is 8.78. The molecule has 0 radical (unpaired) electrons. The molecule has 0 saturated carbocycles. The molecule has 0 aromatic heterocycles. The van der Waals surface area contributed by atoms with Gasteiger partial charge in [0.25, 0.3) is 0 Å². The Morgan fingerprint density at radius 1 is 1.44 bits per heavy atom. The van der Waals surface area contributed by atoms with E-state index in [9.17, 15) is 8.42 Å². The lowest BCUT2D eigenvalue weighted by Gasteiger charge is -2.08. The average molecular weight is 327 g/mol. The van der Waals surface area contributed by atoms with Gasteiger partial charge in [0.15, 0.2) is 0 Å². The smallest absolute Gasteiger partial charge is 0.211 e. The van der Waals surface area contributed by atoms with Crippen molar-refractivity contribution in [3.8, 4) is 0 Å². The van der Waals surface area contributed by atoms with Gasteiger partial charge in [-0.25, -0.2) is 13.1 Å². The fourth-order valence-electron chi connectivity index (χ4n) is 1.13. The van der Waals surface area contributed by atoms with E-state index >= 15 is 0 Å². The van der Waals surface area contributed by atoms with Gasteiger partial charge in [0.2, 0.25) is 10.0 Å². The Morgan fingerprint density at radius 3 is 2.62 bits per heavy atom. The van der Waals surface area contributed by atoms with Crippen LogP contribution in [-0.2, 0) is 10.0 Å². The summed E-state index contributed by atoms with van der Waals surface area (Å²) in [5.74, 6) is 0. The van der Waals surface area contributed by atoms with Crippen LogP contribution in [0.2, 0.25) is 0 Å². The summed E-state index contributed by atoms with van der Waals surface area (Å²) >= 11 is 8.95. The molecule has 0 amide bonds. The van der Waals surface area contributed by atoms with Crippen LogP contribution in [0, 0.1) is 0 Å². The summed E-state index contributed by atoms with van der Waals surface area (Å²) in [5, 5.41) is -0.0399. The first-order chi connectivity index (χ1) is 7.43. The van der Waals surface area contributed by atoms with Crippen molar-refractivity contribution in [2.24, 2.45) is 0 Å². The molecule has 0 heterocycles. The molecule has 1 atom stereocenters. The summed E-state index contributed by atoms with van der Waals surface area (Å²) in [6, 6.07) is 6.70. The molecular weight excluding hydrogens is 314 g/mol. The Kier molecular flexibility index (Phi) is 5.24. The van der Waals surface area contributed by atoms with Gasteiger partial charge < -0.3 is 0 Å². The molecule has 3 nitrogen and oxygen atoms in total. The number of hydrogen-bond acceptors (Lipinski definition) is 2. The Hall–Kier alpha value is -0.100. The molecule has 1 aromatic rings. The molecule has 1 rings (SSSR count). The molecule has 0 aliphatic heterocycles. The second kappa shape index (κ2) is 6.00. The van der Waals surface area contributed by atoms with Crippen LogP contribution < -0.4 is 4.72 Å². The second-order valence-corrected chi connectivity index (χ2v) is 6.73. The van der Waals surface area contributed by atoms with Crippen LogP contribution in [0.4, 0.5) is 0 Å². The zero-order valence-corrected chi connectivity index (χ0v) is 11.9. The van der Waals surface area contributed by atoms with E-state index in [1.54, 1.807) is 24.3 Å². The second-order valence-electron chi connectivity index (χ2n) is 3.40.